The third-order valence-corrected chi connectivity index (χ3v) is 4.34. The maximum atomic E-state index is 11.7. The average molecular weight is 387 g/mol. The first kappa shape index (κ1) is 21.4. The van der Waals surface area contributed by atoms with Crippen molar-refractivity contribution in [2.75, 3.05) is 26.7 Å². The second-order valence-corrected chi connectivity index (χ2v) is 6.83. The quantitative estimate of drug-likeness (QED) is 0.397. The zero-order valence-corrected chi connectivity index (χ0v) is 17.0. The molecule has 4 N–H and O–H groups in total. The van der Waals surface area contributed by atoms with Gasteiger partial charge in [-0.2, -0.15) is 5.10 Å². The first-order valence-electron chi connectivity index (χ1n) is 9.40. The summed E-state index contributed by atoms with van der Waals surface area (Å²) in [5, 5.41) is 23.9. The molecule has 0 fully saturated rings. The molecule has 0 saturated carbocycles. The molecule has 0 saturated heterocycles. The third kappa shape index (κ3) is 6.09. The van der Waals surface area contributed by atoms with Crippen molar-refractivity contribution in [2.45, 2.75) is 25.9 Å². The van der Waals surface area contributed by atoms with Gasteiger partial charge >= 0.3 is 0 Å². The fraction of sp³-hybridized carbons (Fsp3) is 0.450. The van der Waals surface area contributed by atoms with E-state index in [1.165, 1.54) is 0 Å². The number of carbonyl (C=O) groups is 1. The molecule has 1 heterocycles. The highest BCUT2D eigenvalue weighted by molar-refractivity contribution is 5.94. The molecule has 1 atom stereocenters. The molecule has 152 valence electrons. The van der Waals surface area contributed by atoms with Gasteiger partial charge in [0, 0.05) is 44.5 Å². The van der Waals surface area contributed by atoms with Gasteiger partial charge in [-0.3, -0.25) is 9.48 Å². The molecule has 1 amide bonds. The van der Waals surface area contributed by atoms with Crippen molar-refractivity contribution in [3.63, 3.8) is 0 Å². The number of aryl methyl sites for hydroxylation is 1. The van der Waals surface area contributed by atoms with Crippen molar-refractivity contribution in [1.82, 2.24) is 25.7 Å². The molecule has 1 unspecified atom stereocenters. The largest absolute Gasteiger partial charge is 0.383 e. The van der Waals surface area contributed by atoms with Crippen LogP contribution in [0.25, 0.3) is 0 Å². The van der Waals surface area contributed by atoms with Crippen molar-refractivity contribution >= 4 is 11.9 Å². The van der Waals surface area contributed by atoms with E-state index in [2.05, 4.69) is 26.0 Å². The minimum Gasteiger partial charge on any atom is -0.383 e. The Morgan fingerprint density at radius 1 is 1.36 bits per heavy atom. The number of hydrogen-bond acceptors (Lipinski definition) is 4. The van der Waals surface area contributed by atoms with Gasteiger partial charge < -0.3 is 21.1 Å². The molecule has 0 aliphatic carbocycles. The van der Waals surface area contributed by atoms with Crippen LogP contribution in [0.5, 0.6) is 0 Å². The highest BCUT2D eigenvalue weighted by Gasteiger charge is 2.24. The van der Waals surface area contributed by atoms with Crippen LogP contribution >= 0.6 is 0 Å². The Hall–Kier alpha value is -2.87. The number of nitrogens with zero attached hydrogens (tertiary/aromatic N) is 3. The van der Waals surface area contributed by atoms with Gasteiger partial charge in [0.05, 0.1) is 12.7 Å². The van der Waals surface area contributed by atoms with E-state index >= 15 is 0 Å². The summed E-state index contributed by atoms with van der Waals surface area (Å²) in [5.41, 5.74) is 1.33. The van der Waals surface area contributed by atoms with Crippen molar-refractivity contribution in [3.05, 3.63) is 53.3 Å². The summed E-state index contributed by atoms with van der Waals surface area (Å²) in [7, 11) is 3.43. The topological polar surface area (TPSA) is 104 Å². The fourth-order valence-electron chi connectivity index (χ4n) is 2.70. The Kier molecular flexibility index (Phi) is 7.57. The lowest BCUT2D eigenvalue weighted by Gasteiger charge is -2.20. The van der Waals surface area contributed by atoms with Gasteiger partial charge in [0.15, 0.2) is 5.96 Å². The highest BCUT2D eigenvalue weighted by Crippen LogP contribution is 2.19. The number of aliphatic imine (C=N–C) groups is 1. The van der Waals surface area contributed by atoms with E-state index in [0.717, 1.165) is 17.5 Å². The normalized spacial score (nSPS) is 13.7. The Bertz CT molecular complexity index is 813. The third-order valence-electron chi connectivity index (χ3n) is 4.34. The fourth-order valence-corrected chi connectivity index (χ4v) is 2.70. The lowest BCUT2D eigenvalue weighted by atomic mass is 10.0. The van der Waals surface area contributed by atoms with Crippen molar-refractivity contribution < 1.29 is 9.90 Å². The smallest absolute Gasteiger partial charge is 0.251 e. The van der Waals surface area contributed by atoms with Gasteiger partial charge in [-0.15, -0.1) is 0 Å². The van der Waals surface area contributed by atoms with Gasteiger partial charge in [0.2, 0.25) is 0 Å². The van der Waals surface area contributed by atoms with Crippen LogP contribution in [0.3, 0.4) is 0 Å². The predicted molar refractivity (Wildman–Crippen MR) is 110 cm³/mol. The summed E-state index contributed by atoms with van der Waals surface area (Å²) < 4.78 is 1.66. The molecule has 8 nitrogen and oxygen atoms in total. The number of guanidine groups is 1. The number of nitrogens with one attached hydrogen (secondary N) is 3. The average Bonchev–Trinajstić information content (AvgIpc) is 3.13. The Morgan fingerprint density at radius 3 is 2.79 bits per heavy atom. The van der Waals surface area contributed by atoms with E-state index in [4.69, 9.17) is 0 Å². The number of benzene rings is 1. The van der Waals surface area contributed by atoms with Gasteiger partial charge in [-0.1, -0.05) is 12.1 Å². The Labute approximate surface area is 166 Å². The summed E-state index contributed by atoms with van der Waals surface area (Å²) in [5.74, 6) is 0.538. The molecule has 2 aromatic rings. The molecule has 0 aliphatic rings. The molecular weight excluding hydrogens is 356 g/mol. The molecule has 0 radical (unpaired) electrons. The lowest BCUT2D eigenvalue weighted by Crippen LogP contribution is -2.39. The molecule has 1 aromatic carbocycles. The molecule has 8 heteroatoms. The molecule has 0 aliphatic heterocycles. The van der Waals surface area contributed by atoms with Crippen molar-refractivity contribution in [1.29, 1.82) is 0 Å². The lowest BCUT2D eigenvalue weighted by molar-refractivity contribution is 0.0671. The molecule has 2 rings (SSSR count). The summed E-state index contributed by atoms with van der Waals surface area (Å²) in [6.07, 6.45) is 4.18. The van der Waals surface area contributed by atoms with Gasteiger partial charge in [0.25, 0.3) is 5.91 Å². The van der Waals surface area contributed by atoms with E-state index in [0.29, 0.717) is 24.6 Å². The maximum absolute atomic E-state index is 11.7. The van der Waals surface area contributed by atoms with Crippen LogP contribution < -0.4 is 16.0 Å². The van der Waals surface area contributed by atoms with Crippen LogP contribution in [0.1, 0.15) is 35.3 Å². The van der Waals surface area contributed by atoms with Crippen LogP contribution in [0.15, 0.2) is 41.7 Å². The summed E-state index contributed by atoms with van der Waals surface area (Å²) in [6.45, 7) is 5.29. The predicted octanol–water partition coefficient (Wildman–Crippen LogP) is 0.785. The second kappa shape index (κ2) is 9.89. The number of amides is 1. The number of aliphatic hydroxyl groups is 1. The van der Waals surface area contributed by atoms with Crippen LogP contribution in [-0.4, -0.2) is 53.4 Å². The van der Waals surface area contributed by atoms with E-state index < -0.39 is 5.60 Å². The van der Waals surface area contributed by atoms with Crippen molar-refractivity contribution in [3.8, 4) is 0 Å². The van der Waals surface area contributed by atoms with Gasteiger partial charge in [0.1, 0.15) is 5.60 Å². The number of rotatable bonds is 8. The van der Waals surface area contributed by atoms with Crippen LogP contribution in [0.2, 0.25) is 0 Å². The van der Waals surface area contributed by atoms with E-state index in [1.807, 2.05) is 32.2 Å². The standard InChI is InChI=1S/C20H30N6O2/c1-5-22-19(24-14-20(2,28)17-12-25-26(4)13-17)23-10-9-15-7-6-8-16(11-15)18(27)21-3/h6-8,11-13,28H,5,9-10,14H2,1-4H3,(H,21,27)(H2,22,23,24). The first-order valence-corrected chi connectivity index (χ1v) is 9.40. The van der Waals surface area contributed by atoms with Crippen molar-refractivity contribution in [2.24, 2.45) is 12.0 Å². The monoisotopic (exact) mass is 386 g/mol. The van der Waals surface area contributed by atoms with E-state index in [1.54, 1.807) is 37.1 Å². The van der Waals surface area contributed by atoms with Crippen LogP contribution in [-0.2, 0) is 19.1 Å². The van der Waals surface area contributed by atoms with Crippen LogP contribution in [0.4, 0.5) is 0 Å². The number of aromatic nitrogens is 2. The molecule has 1 aromatic heterocycles. The van der Waals surface area contributed by atoms with Gasteiger partial charge in [-0.05, 0) is 38.0 Å². The summed E-state index contributed by atoms with van der Waals surface area (Å²) in [6, 6.07) is 7.55. The van der Waals surface area contributed by atoms with Gasteiger partial charge in [-0.25, -0.2) is 4.99 Å². The maximum Gasteiger partial charge on any atom is 0.251 e. The summed E-state index contributed by atoms with van der Waals surface area (Å²) in [4.78, 5) is 16.2. The SMILES string of the molecule is CCNC(=NCC(C)(O)c1cnn(C)c1)NCCc1cccc(C(=O)NC)c1. The molecule has 0 spiro atoms. The van der Waals surface area contributed by atoms with E-state index in [-0.39, 0.29) is 12.5 Å². The number of hydrogen-bond donors (Lipinski definition) is 4. The number of carbonyl (C=O) groups excluding carboxylic acids is 1. The zero-order valence-electron chi connectivity index (χ0n) is 17.0. The van der Waals surface area contributed by atoms with Crippen LogP contribution in [0, 0.1) is 0 Å². The minimum atomic E-state index is -1.10. The zero-order chi connectivity index (χ0) is 20.6. The van der Waals surface area contributed by atoms with E-state index in [9.17, 15) is 9.90 Å². The first-order chi connectivity index (χ1) is 13.4. The Morgan fingerprint density at radius 2 is 2.14 bits per heavy atom. The highest BCUT2D eigenvalue weighted by atomic mass is 16.3. The molecule has 28 heavy (non-hydrogen) atoms. The molecule has 0 bridgehead atoms. The minimum absolute atomic E-state index is 0.0951. The molecular formula is C20H30N6O2. The Balaban J connectivity index is 1.95. The summed E-state index contributed by atoms with van der Waals surface area (Å²) >= 11 is 0. The second-order valence-electron chi connectivity index (χ2n) is 6.83.